The predicted octanol–water partition coefficient (Wildman–Crippen LogP) is 4.83. The van der Waals surface area contributed by atoms with Crippen molar-refractivity contribution in [1.82, 2.24) is 24.2 Å². The molecular weight excluding hydrogens is 523 g/mol. The van der Waals surface area contributed by atoms with Gasteiger partial charge in [0, 0.05) is 19.0 Å². The van der Waals surface area contributed by atoms with Crippen LogP contribution in [-0.4, -0.2) is 75.5 Å². The number of imidazole rings is 1. The maximum Gasteiger partial charge on any atom is 0.280 e. The Bertz CT molecular complexity index is 1190. The number of aromatic nitrogens is 4. The maximum absolute atomic E-state index is 12.7. The number of carbonyl (C=O) groups excluding carboxylic acids is 1. The van der Waals surface area contributed by atoms with Gasteiger partial charge in [-0.2, -0.15) is 4.98 Å². The molecule has 13 heteroatoms. The molecule has 2 aromatic heterocycles. The minimum Gasteiger partial charge on any atom is -0.407 e. The lowest BCUT2D eigenvalue weighted by Crippen LogP contribution is -2.49. The van der Waals surface area contributed by atoms with E-state index in [1.807, 2.05) is 6.92 Å². The minimum absolute atomic E-state index is 0.0439. The quantitative estimate of drug-likeness (QED) is 0.326. The van der Waals surface area contributed by atoms with Crippen LogP contribution in [0.25, 0.3) is 11.2 Å². The molecule has 2 unspecified atom stereocenters. The SMILES string of the molecule is CC(=O)Nc1nc2c(ncn2[C@@H]2O[C@H](C)C(OP(C)N(C(C)C)C(C)C)[C@@H]2O[Si](C)(C)C(C)(C)C)c(=O)[nH]1. The smallest absolute Gasteiger partial charge is 0.280 e. The zero-order valence-corrected chi connectivity index (χ0v) is 26.7. The molecule has 1 fully saturated rings. The molecule has 38 heavy (non-hydrogen) atoms. The standard InChI is InChI=1S/C25H45N6O5PSi/c1-14(2)31(15(3)4)37(10)35-19-16(5)34-23(20(19)36-38(11,12)25(7,8)9)30-13-26-18-21(30)28-24(27-17(6)32)29-22(18)33/h13-16,19-20,23H,1-12H3,(H2,27,28,29,32,33)/t16-,19?,20+,23-,37?/m1/s1. The van der Waals surface area contributed by atoms with Crippen molar-refractivity contribution in [1.29, 1.82) is 0 Å². The molecule has 0 aromatic carbocycles. The Morgan fingerprint density at radius 2 is 1.84 bits per heavy atom. The van der Waals surface area contributed by atoms with Gasteiger partial charge in [-0.15, -0.1) is 0 Å². The van der Waals surface area contributed by atoms with Gasteiger partial charge >= 0.3 is 0 Å². The van der Waals surface area contributed by atoms with E-state index in [1.165, 1.54) is 6.92 Å². The molecule has 2 N–H and O–H groups in total. The highest BCUT2D eigenvalue weighted by Gasteiger charge is 2.51. The lowest BCUT2D eigenvalue weighted by Gasteiger charge is -2.42. The monoisotopic (exact) mass is 568 g/mol. The number of rotatable bonds is 9. The van der Waals surface area contributed by atoms with Crippen molar-refractivity contribution in [3.05, 3.63) is 16.7 Å². The fourth-order valence-electron chi connectivity index (χ4n) is 4.63. The number of fused-ring (bicyclic) bond motifs is 1. The third-order valence-corrected chi connectivity index (χ3v) is 13.9. The van der Waals surface area contributed by atoms with E-state index in [0.29, 0.717) is 17.7 Å². The van der Waals surface area contributed by atoms with Crippen molar-refractivity contribution >= 4 is 39.6 Å². The lowest BCUT2D eigenvalue weighted by atomic mass is 10.1. The number of nitrogens with one attached hydrogen (secondary N) is 2. The molecule has 1 aliphatic heterocycles. The van der Waals surface area contributed by atoms with Crippen molar-refractivity contribution in [3.8, 4) is 0 Å². The van der Waals surface area contributed by atoms with E-state index >= 15 is 0 Å². The van der Waals surface area contributed by atoms with Crippen molar-refractivity contribution in [2.24, 2.45) is 0 Å². The van der Waals surface area contributed by atoms with E-state index in [2.05, 4.69) is 93.2 Å². The Balaban J connectivity index is 2.08. The largest absolute Gasteiger partial charge is 0.407 e. The van der Waals surface area contributed by atoms with Gasteiger partial charge in [0.05, 0.1) is 12.4 Å². The maximum atomic E-state index is 12.7. The number of hydrogen-bond donors (Lipinski definition) is 2. The Morgan fingerprint density at radius 3 is 2.37 bits per heavy atom. The van der Waals surface area contributed by atoms with Crippen molar-refractivity contribution in [3.63, 3.8) is 0 Å². The molecule has 3 rings (SSSR count). The number of amides is 1. The van der Waals surface area contributed by atoms with Crippen LogP contribution in [-0.2, 0) is 18.5 Å². The third-order valence-electron chi connectivity index (χ3n) is 7.32. The van der Waals surface area contributed by atoms with Crippen LogP contribution in [0.4, 0.5) is 5.95 Å². The molecule has 214 valence electrons. The Hall–Kier alpha value is -1.69. The first kappa shape index (κ1) is 30.8. The van der Waals surface area contributed by atoms with Gasteiger partial charge in [0.2, 0.25) is 11.9 Å². The van der Waals surface area contributed by atoms with Crippen LogP contribution < -0.4 is 10.9 Å². The summed E-state index contributed by atoms with van der Waals surface area (Å²) in [6.45, 7) is 25.2. The summed E-state index contributed by atoms with van der Waals surface area (Å²) in [5, 5.41) is 2.51. The molecule has 1 amide bonds. The molecular formula is C25H45N6O5PSi. The van der Waals surface area contributed by atoms with E-state index in [0.717, 1.165) is 0 Å². The van der Waals surface area contributed by atoms with E-state index in [-0.39, 0.29) is 34.6 Å². The number of hydrogen-bond acceptors (Lipinski definition) is 8. The van der Waals surface area contributed by atoms with Crippen LogP contribution in [0.5, 0.6) is 0 Å². The summed E-state index contributed by atoms with van der Waals surface area (Å²) in [6, 6.07) is 0.639. The fraction of sp³-hybridized carbons (Fsp3) is 0.760. The number of aromatic amines is 1. The van der Waals surface area contributed by atoms with E-state index in [4.69, 9.17) is 13.7 Å². The van der Waals surface area contributed by atoms with Gasteiger partial charge < -0.3 is 13.7 Å². The van der Waals surface area contributed by atoms with Crippen LogP contribution >= 0.6 is 8.30 Å². The van der Waals surface area contributed by atoms with Crippen molar-refractivity contribution in [2.45, 2.75) is 117 Å². The molecule has 1 saturated heterocycles. The molecule has 11 nitrogen and oxygen atoms in total. The van der Waals surface area contributed by atoms with Crippen LogP contribution in [0.15, 0.2) is 11.1 Å². The van der Waals surface area contributed by atoms with Gasteiger partial charge in [-0.25, -0.2) is 4.98 Å². The van der Waals surface area contributed by atoms with Gasteiger partial charge in [0.15, 0.2) is 25.7 Å². The average molecular weight is 569 g/mol. The normalized spacial score (nSPS) is 23.7. The second-order valence-electron chi connectivity index (χ2n) is 12.1. The Morgan fingerprint density at radius 1 is 1.24 bits per heavy atom. The Kier molecular flexibility index (Phi) is 9.27. The lowest BCUT2D eigenvalue weighted by molar-refractivity contribution is -0.114. The zero-order valence-electron chi connectivity index (χ0n) is 24.8. The molecule has 0 radical (unpaired) electrons. The first-order valence-corrected chi connectivity index (χ1v) is 17.8. The second kappa shape index (κ2) is 11.4. The highest BCUT2D eigenvalue weighted by Crippen LogP contribution is 2.49. The Labute approximate surface area is 228 Å². The number of nitrogens with zero attached hydrogens (tertiary/aromatic N) is 4. The molecule has 0 aliphatic carbocycles. The van der Waals surface area contributed by atoms with E-state index in [1.54, 1.807) is 10.9 Å². The summed E-state index contributed by atoms with van der Waals surface area (Å²) < 4.78 is 24.4. The molecule has 0 bridgehead atoms. The summed E-state index contributed by atoms with van der Waals surface area (Å²) >= 11 is 0. The number of H-pyrrole nitrogens is 1. The van der Waals surface area contributed by atoms with Crippen molar-refractivity contribution in [2.75, 3.05) is 12.0 Å². The highest BCUT2D eigenvalue weighted by molar-refractivity contribution is 7.49. The molecule has 5 atom stereocenters. The van der Waals surface area contributed by atoms with Crippen LogP contribution in [0.2, 0.25) is 18.1 Å². The predicted molar refractivity (Wildman–Crippen MR) is 154 cm³/mol. The number of ether oxygens (including phenoxy) is 1. The summed E-state index contributed by atoms with van der Waals surface area (Å²) in [5.74, 6) is -0.285. The van der Waals surface area contributed by atoms with E-state index in [9.17, 15) is 9.59 Å². The first-order chi connectivity index (χ1) is 17.4. The second-order valence-corrected chi connectivity index (χ2v) is 18.5. The van der Waals surface area contributed by atoms with Gasteiger partial charge in [-0.1, -0.05) is 20.8 Å². The summed E-state index contributed by atoms with van der Waals surface area (Å²) in [5.41, 5.74) is 0.0260. The van der Waals surface area contributed by atoms with Gasteiger partial charge in [-0.3, -0.25) is 29.1 Å². The number of carbonyl (C=O) groups is 1. The van der Waals surface area contributed by atoms with Crippen LogP contribution in [0.1, 0.15) is 68.5 Å². The molecule has 2 aromatic rings. The topological polar surface area (TPSA) is 124 Å². The third kappa shape index (κ3) is 6.37. The van der Waals surface area contributed by atoms with Crippen LogP contribution in [0, 0.1) is 0 Å². The summed E-state index contributed by atoms with van der Waals surface area (Å²) in [7, 11) is -3.22. The van der Waals surface area contributed by atoms with Crippen molar-refractivity contribution < 1.29 is 18.5 Å². The minimum atomic E-state index is -2.27. The zero-order chi connectivity index (χ0) is 28.7. The molecule has 0 saturated carbocycles. The van der Waals surface area contributed by atoms with Gasteiger partial charge in [0.1, 0.15) is 20.5 Å². The molecule has 3 heterocycles. The average Bonchev–Trinajstić information content (AvgIpc) is 3.28. The highest BCUT2D eigenvalue weighted by atomic mass is 31.2. The van der Waals surface area contributed by atoms with E-state index < -0.39 is 34.5 Å². The van der Waals surface area contributed by atoms with Crippen LogP contribution in [0.3, 0.4) is 0 Å². The molecule has 1 aliphatic rings. The van der Waals surface area contributed by atoms with Gasteiger partial charge in [0.25, 0.3) is 5.56 Å². The van der Waals surface area contributed by atoms with Gasteiger partial charge in [-0.05, 0) is 59.4 Å². The summed E-state index contributed by atoms with van der Waals surface area (Å²) in [6.07, 6.45) is -0.159. The molecule has 0 spiro atoms. The number of anilines is 1. The fourth-order valence-corrected chi connectivity index (χ4v) is 7.97. The summed E-state index contributed by atoms with van der Waals surface area (Å²) in [4.78, 5) is 35.7. The first-order valence-electron chi connectivity index (χ1n) is 13.2.